The number of H-pyrrole nitrogens is 1. The third-order valence-electron chi connectivity index (χ3n) is 6.70. The van der Waals surface area contributed by atoms with E-state index in [2.05, 4.69) is 50.9 Å². The molecular formula is C30H40FN7O2. The van der Waals surface area contributed by atoms with Crippen molar-refractivity contribution >= 4 is 28.4 Å². The molecule has 1 aliphatic heterocycles. The smallest absolute Gasteiger partial charge is 0.326 e. The molecule has 3 heterocycles. The Bertz CT molecular complexity index is 1390. The summed E-state index contributed by atoms with van der Waals surface area (Å²) in [5, 5.41) is 6.93. The van der Waals surface area contributed by atoms with Crippen LogP contribution >= 0.6 is 0 Å². The molecule has 0 bridgehead atoms. The van der Waals surface area contributed by atoms with Gasteiger partial charge >= 0.3 is 6.01 Å². The highest BCUT2D eigenvalue weighted by atomic mass is 19.1. The van der Waals surface area contributed by atoms with Crippen molar-refractivity contribution in [3.05, 3.63) is 59.8 Å². The molecule has 2 aromatic heterocycles. The van der Waals surface area contributed by atoms with Crippen molar-refractivity contribution in [2.45, 2.75) is 47.0 Å². The van der Waals surface area contributed by atoms with E-state index in [1.807, 2.05) is 31.0 Å². The van der Waals surface area contributed by atoms with E-state index in [1.54, 1.807) is 25.1 Å². The van der Waals surface area contributed by atoms with Crippen LogP contribution in [-0.4, -0.2) is 59.0 Å². The van der Waals surface area contributed by atoms with Gasteiger partial charge in [-0.25, -0.2) is 4.39 Å². The second kappa shape index (κ2) is 12.8. The third kappa shape index (κ3) is 7.11. The number of aromatic amines is 1. The summed E-state index contributed by atoms with van der Waals surface area (Å²) in [6.07, 6.45) is 5.56. The zero-order valence-electron chi connectivity index (χ0n) is 24.1. The van der Waals surface area contributed by atoms with Crippen LogP contribution in [0, 0.1) is 18.7 Å². The molecular weight excluding hydrogens is 509 g/mol. The molecule has 2 aliphatic rings. The van der Waals surface area contributed by atoms with E-state index in [-0.39, 0.29) is 17.7 Å². The fourth-order valence-corrected chi connectivity index (χ4v) is 4.58. The maximum atomic E-state index is 15.2. The number of benzene rings is 1. The highest BCUT2D eigenvalue weighted by molar-refractivity contribution is 5.82. The summed E-state index contributed by atoms with van der Waals surface area (Å²) in [7, 11) is 1.91. The van der Waals surface area contributed by atoms with Crippen LogP contribution in [0.4, 0.5) is 16.0 Å². The fourth-order valence-electron chi connectivity index (χ4n) is 4.58. The molecule has 0 radical (unpaired) electrons. The Labute approximate surface area is 235 Å². The van der Waals surface area contributed by atoms with Gasteiger partial charge in [-0.1, -0.05) is 26.8 Å². The maximum Gasteiger partial charge on any atom is 0.326 e. The number of amides is 1. The number of fused-ring (bicyclic) bond motifs is 1. The molecule has 214 valence electrons. The molecule has 0 spiro atoms. The molecule has 1 aromatic carbocycles. The molecule has 0 unspecified atom stereocenters. The number of aromatic nitrogens is 3. The highest BCUT2D eigenvalue weighted by Crippen LogP contribution is 2.35. The van der Waals surface area contributed by atoms with Crippen molar-refractivity contribution in [2.75, 3.05) is 43.4 Å². The Balaban J connectivity index is 0.00000118. The molecule has 1 saturated heterocycles. The van der Waals surface area contributed by atoms with Crippen LogP contribution in [-0.2, 0) is 4.79 Å². The topological polar surface area (TPSA) is 98.4 Å². The van der Waals surface area contributed by atoms with Crippen molar-refractivity contribution in [2.24, 2.45) is 5.92 Å². The van der Waals surface area contributed by atoms with Gasteiger partial charge in [-0.2, -0.15) is 9.97 Å². The van der Waals surface area contributed by atoms with Crippen LogP contribution in [0.2, 0.25) is 0 Å². The number of carbonyl (C=O) groups excluding carboxylic acids is 1. The number of halogens is 1. The second-order valence-electron chi connectivity index (χ2n) is 10.3. The molecule has 5 rings (SSSR count). The minimum Gasteiger partial charge on any atom is -0.421 e. The van der Waals surface area contributed by atoms with Gasteiger partial charge in [-0.05, 0) is 50.0 Å². The van der Waals surface area contributed by atoms with Gasteiger partial charge in [0, 0.05) is 74.2 Å². The first-order valence-corrected chi connectivity index (χ1v) is 13.9. The number of piperazine rings is 1. The van der Waals surface area contributed by atoms with Gasteiger partial charge in [-0.15, -0.1) is 0 Å². The predicted molar refractivity (Wildman–Crippen MR) is 158 cm³/mol. The zero-order valence-corrected chi connectivity index (χ0v) is 24.1. The van der Waals surface area contributed by atoms with Crippen molar-refractivity contribution in [1.29, 1.82) is 0 Å². The van der Waals surface area contributed by atoms with E-state index in [0.29, 0.717) is 60.3 Å². The van der Waals surface area contributed by atoms with Gasteiger partial charge in [0.15, 0.2) is 11.6 Å². The lowest BCUT2D eigenvalue weighted by molar-refractivity contribution is -0.129. The van der Waals surface area contributed by atoms with E-state index in [9.17, 15) is 4.79 Å². The van der Waals surface area contributed by atoms with Crippen molar-refractivity contribution in [1.82, 2.24) is 25.2 Å². The van der Waals surface area contributed by atoms with E-state index in [1.165, 1.54) is 19.3 Å². The van der Waals surface area contributed by atoms with Crippen LogP contribution in [0.3, 0.4) is 0 Å². The third-order valence-corrected chi connectivity index (χ3v) is 6.70. The first kappa shape index (κ1) is 28.9. The number of hydrogen-bond acceptors (Lipinski definition) is 7. The summed E-state index contributed by atoms with van der Waals surface area (Å²) in [6.45, 7) is 14.3. The first-order chi connectivity index (χ1) is 19.2. The van der Waals surface area contributed by atoms with E-state index in [0.717, 1.165) is 11.4 Å². The lowest BCUT2D eigenvalue weighted by Gasteiger charge is -2.35. The summed E-state index contributed by atoms with van der Waals surface area (Å²) >= 11 is 0. The lowest BCUT2D eigenvalue weighted by atomic mass is 10.2. The number of allylic oxidation sites excluding steroid dienone is 2. The Morgan fingerprint density at radius 3 is 2.52 bits per heavy atom. The molecule has 3 aromatic rings. The molecule has 2 fully saturated rings. The van der Waals surface area contributed by atoms with E-state index >= 15 is 4.39 Å². The van der Waals surface area contributed by atoms with Gasteiger partial charge in [0.1, 0.15) is 11.6 Å². The van der Waals surface area contributed by atoms with Crippen LogP contribution in [0.1, 0.15) is 45.7 Å². The minimum atomic E-state index is -0.476. The lowest BCUT2D eigenvalue weighted by Crippen LogP contribution is -2.48. The molecule has 10 heteroatoms. The summed E-state index contributed by atoms with van der Waals surface area (Å²) in [5.74, 6) is 1.27. The quantitative estimate of drug-likeness (QED) is 0.309. The normalized spacial score (nSPS) is 15.4. The largest absolute Gasteiger partial charge is 0.421 e. The summed E-state index contributed by atoms with van der Waals surface area (Å²) in [5.41, 5.74) is 3.35. The summed E-state index contributed by atoms with van der Waals surface area (Å²) in [4.78, 5) is 27.9. The Kier molecular flexibility index (Phi) is 9.29. The SMILES string of the molecule is C=C(/C=C(\NC)C1CC1)Nc1cc(N2CCN(C(C)=O)CC2)nc(Oc2ccc3[nH]c(C)cc3c2F)n1.CCC. The van der Waals surface area contributed by atoms with Gasteiger partial charge in [0.25, 0.3) is 0 Å². The van der Waals surface area contributed by atoms with Gasteiger partial charge in [0.2, 0.25) is 5.91 Å². The number of nitrogens with zero attached hydrogens (tertiary/aromatic N) is 4. The minimum absolute atomic E-state index is 0.0207. The van der Waals surface area contributed by atoms with Gasteiger partial charge < -0.3 is 30.2 Å². The van der Waals surface area contributed by atoms with Crippen LogP contribution in [0.15, 0.2) is 48.3 Å². The molecule has 3 N–H and O–H groups in total. The van der Waals surface area contributed by atoms with Crippen LogP contribution in [0.5, 0.6) is 11.8 Å². The predicted octanol–water partition coefficient (Wildman–Crippen LogP) is 5.72. The molecule has 1 saturated carbocycles. The Morgan fingerprint density at radius 1 is 1.20 bits per heavy atom. The van der Waals surface area contributed by atoms with Crippen molar-refractivity contribution < 1.29 is 13.9 Å². The van der Waals surface area contributed by atoms with Crippen LogP contribution in [0.25, 0.3) is 10.9 Å². The second-order valence-corrected chi connectivity index (χ2v) is 10.3. The number of hydrogen-bond donors (Lipinski definition) is 3. The molecule has 40 heavy (non-hydrogen) atoms. The number of ether oxygens (including phenoxy) is 1. The average Bonchev–Trinajstić information content (AvgIpc) is 3.70. The van der Waals surface area contributed by atoms with Crippen molar-refractivity contribution in [3.63, 3.8) is 0 Å². The maximum absolute atomic E-state index is 15.2. The average molecular weight is 550 g/mol. The summed E-state index contributed by atoms with van der Waals surface area (Å²) in [6, 6.07) is 6.92. The Morgan fingerprint density at radius 2 is 1.90 bits per heavy atom. The number of nitrogens with one attached hydrogen (secondary N) is 3. The number of rotatable bonds is 8. The zero-order chi connectivity index (χ0) is 28.8. The fraction of sp³-hybridized carbons (Fsp3) is 0.433. The van der Waals surface area contributed by atoms with Crippen LogP contribution < -0.4 is 20.3 Å². The number of aryl methyl sites for hydroxylation is 1. The molecule has 9 nitrogen and oxygen atoms in total. The monoisotopic (exact) mass is 549 g/mol. The van der Waals surface area contributed by atoms with E-state index in [4.69, 9.17) is 4.74 Å². The summed E-state index contributed by atoms with van der Waals surface area (Å²) < 4.78 is 21.1. The van der Waals surface area contributed by atoms with Gasteiger partial charge in [-0.3, -0.25) is 4.79 Å². The number of anilines is 2. The number of carbonyl (C=O) groups is 1. The standard InChI is InChI=1S/C27H32FN7O2.C3H8/c1-16-13-20-21(30-16)7-8-23(26(20)28)37-27-32-24(31-17(2)14-22(29-4)19-5-6-19)15-25(33-27)35-11-9-34(10-12-35)18(3)36;1-3-2/h7-8,13-15,19,29-30H,2,5-6,9-12H2,1,3-4H3,(H,31,32,33);3H2,1-2H3/b22-14-;. The van der Waals surface area contributed by atoms with Crippen molar-refractivity contribution in [3.8, 4) is 11.8 Å². The first-order valence-electron chi connectivity index (χ1n) is 13.9. The molecule has 0 atom stereocenters. The highest BCUT2D eigenvalue weighted by Gasteiger charge is 2.25. The molecule has 1 amide bonds. The molecule has 1 aliphatic carbocycles. The van der Waals surface area contributed by atoms with E-state index < -0.39 is 5.82 Å². The van der Waals surface area contributed by atoms with Gasteiger partial charge in [0.05, 0.1) is 0 Å². The Hall–Kier alpha value is -4.08.